The van der Waals surface area contributed by atoms with Crippen molar-refractivity contribution in [3.63, 3.8) is 0 Å². The van der Waals surface area contributed by atoms with E-state index in [1.54, 1.807) is 0 Å². The Labute approximate surface area is 115 Å². The maximum absolute atomic E-state index is 4.38. The first-order chi connectivity index (χ1) is 9.20. The van der Waals surface area contributed by atoms with Crippen molar-refractivity contribution >= 4 is 0 Å². The Morgan fingerprint density at radius 1 is 1.32 bits per heavy atom. The molecule has 2 rings (SSSR count). The lowest BCUT2D eigenvalue weighted by molar-refractivity contribution is 0.509. The third-order valence-corrected chi connectivity index (χ3v) is 3.77. The fourth-order valence-corrected chi connectivity index (χ4v) is 2.39. The second-order valence-electron chi connectivity index (χ2n) is 5.11. The van der Waals surface area contributed by atoms with Crippen molar-refractivity contribution in [1.29, 1.82) is 0 Å². The van der Waals surface area contributed by atoms with Crippen LogP contribution in [0.3, 0.4) is 0 Å². The molecule has 3 heteroatoms. The van der Waals surface area contributed by atoms with Crippen LogP contribution in [0.1, 0.15) is 23.4 Å². The van der Waals surface area contributed by atoms with Crippen LogP contribution in [0.25, 0.3) is 0 Å². The highest BCUT2D eigenvalue weighted by Gasteiger charge is 2.10. The van der Waals surface area contributed by atoms with Gasteiger partial charge in [-0.3, -0.25) is 0 Å². The van der Waals surface area contributed by atoms with Gasteiger partial charge < -0.3 is 9.88 Å². The van der Waals surface area contributed by atoms with Crippen molar-refractivity contribution in [2.24, 2.45) is 7.05 Å². The molecule has 1 N–H and O–H groups in total. The third-order valence-electron chi connectivity index (χ3n) is 3.77. The van der Waals surface area contributed by atoms with E-state index >= 15 is 0 Å². The van der Waals surface area contributed by atoms with Crippen LogP contribution >= 0.6 is 0 Å². The van der Waals surface area contributed by atoms with Gasteiger partial charge in [-0.2, -0.15) is 0 Å². The summed E-state index contributed by atoms with van der Waals surface area (Å²) in [5.74, 6) is 1.16. The van der Waals surface area contributed by atoms with Gasteiger partial charge in [0.25, 0.3) is 0 Å². The minimum absolute atomic E-state index is 0.498. The molecule has 0 bridgehead atoms. The van der Waals surface area contributed by atoms with Crippen LogP contribution in [0, 0.1) is 6.92 Å². The fraction of sp³-hybridized carbons (Fsp3) is 0.438. The molecule has 0 amide bonds. The lowest BCUT2D eigenvalue weighted by atomic mass is 9.98. The zero-order chi connectivity index (χ0) is 13.7. The zero-order valence-corrected chi connectivity index (χ0v) is 12.1. The highest BCUT2D eigenvalue weighted by molar-refractivity contribution is 5.26. The molecule has 19 heavy (non-hydrogen) atoms. The molecule has 1 atom stereocenters. The molecule has 0 fully saturated rings. The zero-order valence-electron chi connectivity index (χ0n) is 12.1. The van der Waals surface area contributed by atoms with E-state index in [0.717, 1.165) is 25.1 Å². The molecule has 0 saturated carbocycles. The lowest BCUT2D eigenvalue weighted by Gasteiger charge is -2.17. The molecule has 102 valence electrons. The summed E-state index contributed by atoms with van der Waals surface area (Å²) in [6.07, 6.45) is 7.07. The van der Waals surface area contributed by atoms with Gasteiger partial charge in [0.15, 0.2) is 0 Å². The van der Waals surface area contributed by atoms with Gasteiger partial charge in [-0.1, -0.05) is 24.3 Å². The summed E-state index contributed by atoms with van der Waals surface area (Å²) in [5, 5.41) is 3.42. The van der Waals surface area contributed by atoms with Gasteiger partial charge in [0.05, 0.1) is 0 Å². The molecular formula is C16H23N3. The molecule has 0 aliphatic carbocycles. The van der Waals surface area contributed by atoms with Crippen molar-refractivity contribution in [2.75, 3.05) is 7.05 Å². The quantitative estimate of drug-likeness (QED) is 0.861. The Hall–Kier alpha value is -1.61. The van der Waals surface area contributed by atoms with Crippen molar-refractivity contribution in [3.8, 4) is 0 Å². The normalized spacial score (nSPS) is 12.6. The summed E-state index contributed by atoms with van der Waals surface area (Å²) >= 11 is 0. The highest BCUT2D eigenvalue weighted by atomic mass is 15.0. The Bertz CT molecular complexity index is 516. The number of nitrogens with one attached hydrogen (secondary N) is 1. The maximum atomic E-state index is 4.38. The predicted octanol–water partition coefficient (Wildman–Crippen LogP) is 2.49. The number of aromatic nitrogens is 2. The Morgan fingerprint density at radius 3 is 2.74 bits per heavy atom. The van der Waals surface area contributed by atoms with Gasteiger partial charge in [0.1, 0.15) is 5.82 Å². The summed E-state index contributed by atoms with van der Waals surface area (Å²) in [5.41, 5.74) is 2.81. The maximum Gasteiger partial charge on any atom is 0.108 e. The molecule has 0 radical (unpaired) electrons. The molecule has 0 aliphatic rings. The lowest BCUT2D eigenvalue weighted by Crippen LogP contribution is -2.28. The number of nitrogens with zero attached hydrogens (tertiary/aromatic N) is 2. The van der Waals surface area contributed by atoms with Gasteiger partial charge in [-0.25, -0.2) is 4.98 Å². The Balaban J connectivity index is 1.94. The summed E-state index contributed by atoms with van der Waals surface area (Å²) in [7, 11) is 4.10. The molecule has 1 heterocycles. The molecule has 0 aliphatic heterocycles. The van der Waals surface area contributed by atoms with Crippen LogP contribution in [0.15, 0.2) is 36.7 Å². The van der Waals surface area contributed by atoms with Crippen LogP contribution in [0.4, 0.5) is 0 Å². The molecule has 0 saturated heterocycles. The highest BCUT2D eigenvalue weighted by Crippen LogP contribution is 2.12. The smallest absolute Gasteiger partial charge is 0.108 e. The Morgan fingerprint density at radius 2 is 2.11 bits per heavy atom. The van der Waals surface area contributed by atoms with E-state index in [1.165, 1.54) is 11.1 Å². The summed E-state index contributed by atoms with van der Waals surface area (Å²) < 4.78 is 2.10. The van der Waals surface area contributed by atoms with E-state index in [2.05, 4.69) is 53.1 Å². The predicted molar refractivity (Wildman–Crippen MR) is 79.3 cm³/mol. The monoisotopic (exact) mass is 257 g/mol. The third kappa shape index (κ3) is 3.67. The van der Waals surface area contributed by atoms with E-state index in [4.69, 9.17) is 0 Å². The van der Waals surface area contributed by atoms with E-state index < -0.39 is 0 Å². The molecule has 3 nitrogen and oxygen atoms in total. The Kier molecular flexibility index (Phi) is 4.74. The average Bonchev–Trinajstić information content (AvgIpc) is 2.82. The van der Waals surface area contributed by atoms with E-state index in [1.807, 2.05) is 19.4 Å². The topological polar surface area (TPSA) is 29.9 Å². The van der Waals surface area contributed by atoms with Gasteiger partial charge in [-0.15, -0.1) is 0 Å². The van der Waals surface area contributed by atoms with Gasteiger partial charge in [-0.05, 0) is 37.9 Å². The van der Waals surface area contributed by atoms with Crippen molar-refractivity contribution < 1.29 is 0 Å². The average molecular weight is 257 g/mol. The molecule has 0 spiro atoms. The first-order valence-corrected chi connectivity index (χ1v) is 6.88. The van der Waals surface area contributed by atoms with Crippen LogP contribution in [0.2, 0.25) is 0 Å². The second kappa shape index (κ2) is 6.53. The standard InChI is InChI=1S/C16H23N3/c1-13-6-4-5-7-14(13)12-15(17-2)8-9-16-18-10-11-19(16)3/h4-7,10-11,15,17H,8-9,12H2,1-3H3. The number of rotatable bonds is 6. The van der Waals surface area contributed by atoms with Crippen LogP contribution in [-0.2, 0) is 19.9 Å². The van der Waals surface area contributed by atoms with Gasteiger partial charge in [0.2, 0.25) is 0 Å². The number of aryl methyl sites for hydroxylation is 3. The number of imidazole rings is 1. The molecule has 2 aromatic rings. The summed E-state index contributed by atoms with van der Waals surface area (Å²) in [6, 6.07) is 9.12. The minimum Gasteiger partial charge on any atom is -0.338 e. The van der Waals surface area contributed by atoms with Crippen LogP contribution in [-0.4, -0.2) is 22.6 Å². The van der Waals surface area contributed by atoms with Crippen molar-refractivity contribution in [1.82, 2.24) is 14.9 Å². The first kappa shape index (κ1) is 13.8. The number of hydrogen-bond acceptors (Lipinski definition) is 2. The van der Waals surface area contributed by atoms with Crippen molar-refractivity contribution in [3.05, 3.63) is 53.6 Å². The molecule has 1 aromatic heterocycles. The number of likely N-dealkylation sites (N-methyl/N-ethyl adjacent to an activating group) is 1. The summed E-state index contributed by atoms with van der Waals surface area (Å²) in [4.78, 5) is 4.38. The minimum atomic E-state index is 0.498. The van der Waals surface area contributed by atoms with Crippen molar-refractivity contribution in [2.45, 2.75) is 32.2 Å². The van der Waals surface area contributed by atoms with Gasteiger partial charge >= 0.3 is 0 Å². The molecule has 1 unspecified atom stereocenters. The largest absolute Gasteiger partial charge is 0.338 e. The van der Waals surface area contributed by atoms with E-state index in [0.29, 0.717) is 6.04 Å². The van der Waals surface area contributed by atoms with E-state index in [-0.39, 0.29) is 0 Å². The van der Waals surface area contributed by atoms with Crippen LogP contribution < -0.4 is 5.32 Å². The van der Waals surface area contributed by atoms with E-state index in [9.17, 15) is 0 Å². The SMILES string of the molecule is CNC(CCc1nccn1C)Cc1ccccc1C. The van der Waals surface area contributed by atoms with Gasteiger partial charge in [0, 0.05) is 31.9 Å². The molecular weight excluding hydrogens is 234 g/mol. The second-order valence-corrected chi connectivity index (χ2v) is 5.11. The number of benzene rings is 1. The first-order valence-electron chi connectivity index (χ1n) is 6.88. The number of hydrogen-bond donors (Lipinski definition) is 1. The molecule has 1 aromatic carbocycles. The van der Waals surface area contributed by atoms with Crippen LogP contribution in [0.5, 0.6) is 0 Å². The fourth-order valence-electron chi connectivity index (χ4n) is 2.39. The summed E-state index contributed by atoms with van der Waals surface area (Å²) in [6.45, 7) is 2.18.